The molecule has 5 nitrogen and oxygen atoms in total. The van der Waals surface area contributed by atoms with Crippen LogP contribution < -0.4 is 0 Å². The standard InChI is InChI=1S/C13H18BrNO4S.C2H6/c1-3-18-12(16)9-15(13(17)19-4-2)8-7-10-5-6-11(14)20-10;1-2/h5-6H,3-4,7-9H2,1-2H3;1-2H3. The summed E-state index contributed by atoms with van der Waals surface area (Å²) < 4.78 is 10.9. The topological polar surface area (TPSA) is 55.8 Å². The number of carbonyl (C=O) groups is 2. The van der Waals surface area contributed by atoms with Crippen LogP contribution in [0.25, 0.3) is 0 Å². The molecule has 0 fully saturated rings. The van der Waals surface area contributed by atoms with Gasteiger partial charge in [-0.2, -0.15) is 0 Å². The summed E-state index contributed by atoms with van der Waals surface area (Å²) in [6, 6.07) is 3.95. The summed E-state index contributed by atoms with van der Waals surface area (Å²) in [6.45, 7) is 8.38. The second kappa shape index (κ2) is 12.5. The van der Waals surface area contributed by atoms with Crippen LogP contribution in [0.5, 0.6) is 0 Å². The predicted molar refractivity (Wildman–Crippen MR) is 92.3 cm³/mol. The van der Waals surface area contributed by atoms with Crippen LogP contribution in [0.3, 0.4) is 0 Å². The fourth-order valence-corrected chi connectivity index (χ4v) is 3.02. The molecule has 0 bridgehead atoms. The molecule has 1 aromatic heterocycles. The number of hydrogen-bond acceptors (Lipinski definition) is 5. The molecule has 0 unspecified atom stereocenters. The maximum atomic E-state index is 11.8. The second-order valence-corrected chi connectivity index (χ2v) is 6.43. The van der Waals surface area contributed by atoms with Gasteiger partial charge in [0.2, 0.25) is 0 Å². The largest absolute Gasteiger partial charge is 0.465 e. The van der Waals surface area contributed by atoms with Crippen molar-refractivity contribution in [1.29, 1.82) is 0 Å². The highest BCUT2D eigenvalue weighted by molar-refractivity contribution is 9.11. The summed E-state index contributed by atoms with van der Waals surface area (Å²) in [7, 11) is 0. The van der Waals surface area contributed by atoms with E-state index in [1.165, 1.54) is 4.90 Å². The molecule has 0 atom stereocenters. The second-order valence-electron chi connectivity index (χ2n) is 3.88. The molecule has 22 heavy (non-hydrogen) atoms. The van der Waals surface area contributed by atoms with Gasteiger partial charge < -0.3 is 9.47 Å². The number of ether oxygens (including phenoxy) is 2. The number of carbonyl (C=O) groups excluding carboxylic acids is 2. The summed E-state index contributed by atoms with van der Waals surface area (Å²) in [5, 5.41) is 0. The molecular formula is C15H24BrNO4S. The van der Waals surface area contributed by atoms with E-state index < -0.39 is 12.1 Å². The van der Waals surface area contributed by atoms with Crippen molar-refractivity contribution in [3.05, 3.63) is 20.8 Å². The number of rotatable bonds is 7. The molecule has 0 aliphatic carbocycles. The molecule has 0 radical (unpaired) electrons. The molecule has 1 rings (SSSR count). The molecule has 0 spiro atoms. The Labute approximate surface area is 144 Å². The van der Waals surface area contributed by atoms with Crippen molar-refractivity contribution in [2.24, 2.45) is 0 Å². The van der Waals surface area contributed by atoms with E-state index in [0.717, 1.165) is 8.66 Å². The lowest BCUT2D eigenvalue weighted by Gasteiger charge is -2.20. The van der Waals surface area contributed by atoms with E-state index in [-0.39, 0.29) is 13.2 Å². The maximum absolute atomic E-state index is 11.8. The first-order valence-corrected chi connectivity index (χ1v) is 8.99. The average molecular weight is 394 g/mol. The van der Waals surface area contributed by atoms with Crippen LogP contribution in [0.1, 0.15) is 32.6 Å². The molecule has 0 aromatic carbocycles. The van der Waals surface area contributed by atoms with Crippen LogP contribution in [0.2, 0.25) is 0 Å². The van der Waals surface area contributed by atoms with Crippen LogP contribution in [0.4, 0.5) is 4.79 Å². The Balaban J connectivity index is 0.00000211. The highest BCUT2D eigenvalue weighted by Crippen LogP contribution is 2.22. The fourth-order valence-electron chi connectivity index (χ4n) is 1.54. The van der Waals surface area contributed by atoms with Gasteiger partial charge in [-0.05, 0) is 48.3 Å². The Bertz CT molecular complexity index is 451. The van der Waals surface area contributed by atoms with E-state index in [0.29, 0.717) is 19.6 Å². The number of amides is 1. The summed E-state index contributed by atoms with van der Waals surface area (Å²) in [5.41, 5.74) is 0. The number of halogens is 1. The summed E-state index contributed by atoms with van der Waals surface area (Å²) in [5.74, 6) is -0.423. The quantitative estimate of drug-likeness (QED) is 0.654. The molecule has 1 amide bonds. The van der Waals surface area contributed by atoms with Crippen LogP contribution in [0, 0.1) is 0 Å². The summed E-state index contributed by atoms with van der Waals surface area (Å²) in [6.07, 6.45) is 0.185. The SMILES string of the molecule is CC.CCOC(=O)CN(CCc1ccc(Br)s1)C(=O)OCC. The van der Waals surface area contributed by atoms with Gasteiger partial charge in [-0.15, -0.1) is 11.3 Å². The first-order chi connectivity index (χ1) is 10.6. The van der Waals surface area contributed by atoms with Gasteiger partial charge in [-0.3, -0.25) is 9.69 Å². The van der Waals surface area contributed by atoms with E-state index >= 15 is 0 Å². The third kappa shape index (κ3) is 8.38. The van der Waals surface area contributed by atoms with Crippen molar-refractivity contribution in [1.82, 2.24) is 4.90 Å². The van der Waals surface area contributed by atoms with Crippen LogP contribution in [-0.2, 0) is 20.7 Å². The van der Waals surface area contributed by atoms with E-state index in [2.05, 4.69) is 15.9 Å². The van der Waals surface area contributed by atoms with E-state index in [4.69, 9.17) is 9.47 Å². The third-order valence-electron chi connectivity index (χ3n) is 2.41. The van der Waals surface area contributed by atoms with Gasteiger partial charge in [0.05, 0.1) is 17.0 Å². The van der Waals surface area contributed by atoms with Gasteiger partial charge >= 0.3 is 12.1 Å². The zero-order valence-corrected chi connectivity index (χ0v) is 16.0. The van der Waals surface area contributed by atoms with Gasteiger partial charge in [0.1, 0.15) is 6.54 Å². The highest BCUT2D eigenvalue weighted by atomic mass is 79.9. The number of hydrogen-bond donors (Lipinski definition) is 0. The van der Waals surface area contributed by atoms with Crippen molar-refractivity contribution >= 4 is 39.3 Å². The van der Waals surface area contributed by atoms with Gasteiger partial charge in [-0.25, -0.2) is 4.79 Å². The van der Waals surface area contributed by atoms with Crippen LogP contribution in [-0.4, -0.2) is 43.3 Å². The zero-order chi connectivity index (χ0) is 17.0. The molecular weight excluding hydrogens is 370 g/mol. The van der Waals surface area contributed by atoms with Crippen LogP contribution >= 0.6 is 27.3 Å². The molecule has 1 aromatic rings. The van der Waals surface area contributed by atoms with Crippen molar-refractivity contribution in [3.8, 4) is 0 Å². The number of esters is 1. The Hall–Kier alpha value is -1.08. The van der Waals surface area contributed by atoms with Crippen LogP contribution in [0.15, 0.2) is 15.9 Å². The fraction of sp³-hybridized carbons (Fsp3) is 0.600. The van der Waals surface area contributed by atoms with Crippen molar-refractivity contribution < 1.29 is 19.1 Å². The first kappa shape index (κ1) is 20.9. The predicted octanol–water partition coefficient (Wildman–Crippen LogP) is 4.10. The number of thiophene rings is 1. The van der Waals surface area contributed by atoms with Gasteiger partial charge in [0.25, 0.3) is 0 Å². The minimum absolute atomic E-state index is 0.0841. The summed E-state index contributed by atoms with van der Waals surface area (Å²) in [4.78, 5) is 25.8. The normalized spacial score (nSPS) is 9.50. The Morgan fingerprint density at radius 3 is 2.32 bits per heavy atom. The van der Waals surface area contributed by atoms with E-state index in [9.17, 15) is 9.59 Å². The van der Waals surface area contributed by atoms with Crippen molar-refractivity contribution in [2.75, 3.05) is 26.3 Å². The monoisotopic (exact) mass is 393 g/mol. The minimum Gasteiger partial charge on any atom is -0.465 e. The smallest absolute Gasteiger partial charge is 0.410 e. The molecule has 0 aliphatic rings. The van der Waals surface area contributed by atoms with E-state index in [1.54, 1.807) is 25.2 Å². The van der Waals surface area contributed by atoms with Gasteiger partial charge in [0.15, 0.2) is 0 Å². The Morgan fingerprint density at radius 1 is 1.18 bits per heavy atom. The summed E-state index contributed by atoms with van der Waals surface area (Å²) >= 11 is 5.00. The van der Waals surface area contributed by atoms with E-state index in [1.807, 2.05) is 26.0 Å². The molecule has 7 heteroatoms. The lowest BCUT2D eigenvalue weighted by atomic mass is 10.3. The number of nitrogens with zero attached hydrogens (tertiary/aromatic N) is 1. The lowest BCUT2D eigenvalue weighted by Crippen LogP contribution is -2.38. The average Bonchev–Trinajstić information content (AvgIpc) is 2.91. The molecule has 0 aliphatic heterocycles. The Morgan fingerprint density at radius 2 is 1.82 bits per heavy atom. The molecule has 0 saturated heterocycles. The minimum atomic E-state index is -0.490. The van der Waals surface area contributed by atoms with Gasteiger partial charge in [-0.1, -0.05) is 13.8 Å². The van der Waals surface area contributed by atoms with Crippen molar-refractivity contribution in [2.45, 2.75) is 34.1 Å². The first-order valence-electron chi connectivity index (χ1n) is 7.38. The molecule has 126 valence electrons. The Kier molecular flexibility index (Phi) is 11.9. The third-order valence-corrected chi connectivity index (χ3v) is 4.09. The lowest BCUT2D eigenvalue weighted by molar-refractivity contribution is -0.144. The highest BCUT2D eigenvalue weighted by Gasteiger charge is 2.19. The van der Waals surface area contributed by atoms with Gasteiger partial charge in [0, 0.05) is 11.4 Å². The molecule has 0 saturated carbocycles. The molecule has 0 N–H and O–H groups in total. The van der Waals surface area contributed by atoms with Crippen molar-refractivity contribution in [3.63, 3.8) is 0 Å². The maximum Gasteiger partial charge on any atom is 0.410 e. The molecule has 1 heterocycles. The zero-order valence-electron chi connectivity index (χ0n) is 13.6.